The fourth-order valence-electron chi connectivity index (χ4n) is 3.87. The Morgan fingerprint density at radius 2 is 2.05 bits per heavy atom. The van der Waals surface area contributed by atoms with Gasteiger partial charge in [0.1, 0.15) is 0 Å². The van der Waals surface area contributed by atoms with Crippen molar-refractivity contribution in [3.05, 3.63) is 18.5 Å². The average molecular weight is 325 g/mol. The highest BCUT2D eigenvalue weighted by Gasteiger charge is 2.53. The molecule has 7 heteroatoms. The van der Waals surface area contributed by atoms with Crippen molar-refractivity contribution in [2.45, 2.75) is 55.9 Å². The Labute approximate surface area is 131 Å². The van der Waals surface area contributed by atoms with Crippen LogP contribution in [-0.4, -0.2) is 52.6 Å². The minimum Gasteiger partial charge on any atom is -0.336 e. The van der Waals surface area contributed by atoms with Crippen LogP contribution in [0.2, 0.25) is 0 Å². The molecule has 1 aliphatic heterocycles. The van der Waals surface area contributed by atoms with E-state index in [0.29, 0.717) is 25.9 Å². The van der Waals surface area contributed by atoms with Crippen LogP contribution in [0.25, 0.3) is 0 Å². The van der Waals surface area contributed by atoms with Gasteiger partial charge in [-0.2, -0.15) is 5.10 Å². The zero-order valence-corrected chi connectivity index (χ0v) is 13.8. The van der Waals surface area contributed by atoms with Crippen LogP contribution >= 0.6 is 0 Å². The zero-order valence-electron chi connectivity index (χ0n) is 12.9. The number of aromatic nitrogens is 2. The summed E-state index contributed by atoms with van der Waals surface area (Å²) in [6, 6.07) is 1.91. The van der Waals surface area contributed by atoms with Crippen LogP contribution in [0.3, 0.4) is 0 Å². The van der Waals surface area contributed by atoms with Crippen LogP contribution in [-0.2, 0) is 21.2 Å². The summed E-state index contributed by atoms with van der Waals surface area (Å²) < 4.78 is 25.3. The SMILES string of the molecule is CS(=O)(=O)C1(C(=O)N2CCC[C@H]2Cn2cccn2)CCCC1. The molecule has 2 heterocycles. The van der Waals surface area contributed by atoms with E-state index in [2.05, 4.69) is 5.10 Å². The first-order chi connectivity index (χ1) is 10.4. The third-order valence-corrected chi connectivity index (χ3v) is 7.11. The molecule has 1 saturated heterocycles. The van der Waals surface area contributed by atoms with E-state index in [1.54, 1.807) is 11.1 Å². The molecule has 1 aromatic heterocycles. The zero-order chi connectivity index (χ0) is 15.8. The molecule has 2 aliphatic rings. The fourth-order valence-corrected chi connectivity index (χ4v) is 5.33. The molecule has 2 fully saturated rings. The number of hydrogen-bond acceptors (Lipinski definition) is 4. The van der Waals surface area contributed by atoms with Gasteiger partial charge in [-0.25, -0.2) is 8.42 Å². The Morgan fingerprint density at radius 3 is 2.64 bits per heavy atom. The predicted octanol–water partition coefficient (Wildman–Crippen LogP) is 1.23. The van der Waals surface area contributed by atoms with Crippen molar-refractivity contribution in [1.82, 2.24) is 14.7 Å². The summed E-state index contributed by atoms with van der Waals surface area (Å²) >= 11 is 0. The van der Waals surface area contributed by atoms with E-state index in [-0.39, 0.29) is 11.9 Å². The van der Waals surface area contributed by atoms with E-state index in [9.17, 15) is 13.2 Å². The van der Waals surface area contributed by atoms with Gasteiger partial charge in [0, 0.05) is 25.2 Å². The van der Waals surface area contributed by atoms with E-state index >= 15 is 0 Å². The molecule has 1 saturated carbocycles. The fraction of sp³-hybridized carbons (Fsp3) is 0.733. The molecule has 0 aromatic carbocycles. The topological polar surface area (TPSA) is 72.3 Å². The van der Waals surface area contributed by atoms with E-state index in [0.717, 1.165) is 25.7 Å². The summed E-state index contributed by atoms with van der Waals surface area (Å²) in [5.74, 6) is -0.179. The van der Waals surface area contributed by atoms with Crippen molar-refractivity contribution < 1.29 is 13.2 Å². The lowest BCUT2D eigenvalue weighted by Crippen LogP contribution is -2.54. The van der Waals surface area contributed by atoms with Gasteiger partial charge >= 0.3 is 0 Å². The molecule has 122 valence electrons. The second kappa shape index (κ2) is 5.68. The first-order valence-electron chi connectivity index (χ1n) is 7.92. The first kappa shape index (κ1) is 15.5. The third-order valence-electron chi connectivity index (χ3n) is 5.11. The van der Waals surface area contributed by atoms with Crippen molar-refractivity contribution in [3.8, 4) is 0 Å². The molecule has 3 rings (SSSR count). The second-order valence-electron chi connectivity index (χ2n) is 6.50. The Hall–Kier alpha value is -1.37. The van der Waals surface area contributed by atoms with Crippen molar-refractivity contribution >= 4 is 15.7 Å². The maximum absolute atomic E-state index is 13.1. The van der Waals surface area contributed by atoms with Crippen LogP contribution in [0.5, 0.6) is 0 Å². The Kier molecular flexibility index (Phi) is 4.01. The molecule has 22 heavy (non-hydrogen) atoms. The quantitative estimate of drug-likeness (QED) is 0.835. The van der Waals surface area contributed by atoms with Crippen molar-refractivity contribution in [1.29, 1.82) is 0 Å². The summed E-state index contributed by atoms with van der Waals surface area (Å²) in [4.78, 5) is 14.9. The van der Waals surface area contributed by atoms with E-state index < -0.39 is 14.6 Å². The molecule has 1 amide bonds. The van der Waals surface area contributed by atoms with E-state index in [4.69, 9.17) is 0 Å². The number of hydrogen-bond donors (Lipinski definition) is 0. The summed E-state index contributed by atoms with van der Waals surface area (Å²) in [7, 11) is -3.40. The minimum atomic E-state index is -3.40. The van der Waals surface area contributed by atoms with Crippen LogP contribution in [0.1, 0.15) is 38.5 Å². The maximum atomic E-state index is 13.1. The second-order valence-corrected chi connectivity index (χ2v) is 8.82. The summed E-state index contributed by atoms with van der Waals surface area (Å²) in [5.41, 5.74) is 0. The standard InChI is InChI=1S/C15H23N3O3S/c1-22(20,21)15(7-2-3-8-15)14(19)18-11-4-6-13(18)12-17-10-5-9-16-17/h5,9-10,13H,2-4,6-8,11-12H2,1H3/t13-/m0/s1. The third kappa shape index (κ3) is 2.55. The molecule has 0 bridgehead atoms. The molecular formula is C15H23N3O3S. The van der Waals surface area contributed by atoms with Crippen LogP contribution in [0, 0.1) is 0 Å². The normalized spacial score (nSPS) is 24.8. The summed E-state index contributed by atoms with van der Waals surface area (Å²) in [6.45, 7) is 1.29. The molecule has 6 nitrogen and oxygen atoms in total. The van der Waals surface area contributed by atoms with Gasteiger partial charge < -0.3 is 4.90 Å². The highest BCUT2D eigenvalue weighted by molar-refractivity contribution is 7.92. The van der Waals surface area contributed by atoms with E-state index in [1.165, 1.54) is 6.26 Å². The largest absolute Gasteiger partial charge is 0.336 e. The Bertz CT molecular complexity index is 633. The van der Waals surface area contributed by atoms with Gasteiger partial charge in [-0.15, -0.1) is 0 Å². The lowest BCUT2D eigenvalue weighted by molar-refractivity contribution is -0.135. The summed E-state index contributed by atoms with van der Waals surface area (Å²) in [6.07, 6.45) is 9.22. The number of likely N-dealkylation sites (tertiary alicyclic amines) is 1. The average Bonchev–Trinajstić information content (AvgIpc) is 3.19. The molecule has 1 atom stereocenters. The molecule has 0 N–H and O–H groups in total. The number of carbonyl (C=O) groups excluding carboxylic acids is 1. The lowest BCUT2D eigenvalue weighted by atomic mass is 10.0. The first-order valence-corrected chi connectivity index (χ1v) is 9.81. The molecule has 0 unspecified atom stereocenters. The Morgan fingerprint density at radius 1 is 1.32 bits per heavy atom. The minimum absolute atomic E-state index is 0.0478. The highest BCUT2D eigenvalue weighted by atomic mass is 32.2. The number of amides is 1. The van der Waals surface area contributed by atoms with E-state index in [1.807, 2.05) is 16.9 Å². The van der Waals surface area contributed by atoms with Gasteiger partial charge in [-0.3, -0.25) is 9.48 Å². The number of carbonyl (C=O) groups is 1. The van der Waals surface area contributed by atoms with Crippen molar-refractivity contribution in [3.63, 3.8) is 0 Å². The van der Waals surface area contributed by atoms with Crippen LogP contribution in [0.4, 0.5) is 0 Å². The molecule has 0 spiro atoms. The predicted molar refractivity (Wildman–Crippen MR) is 83.0 cm³/mol. The number of nitrogens with zero attached hydrogens (tertiary/aromatic N) is 3. The van der Waals surface area contributed by atoms with Crippen LogP contribution < -0.4 is 0 Å². The van der Waals surface area contributed by atoms with Crippen molar-refractivity contribution in [2.24, 2.45) is 0 Å². The maximum Gasteiger partial charge on any atom is 0.244 e. The lowest BCUT2D eigenvalue weighted by Gasteiger charge is -2.34. The Balaban J connectivity index is 1.83. The van der Waals surface area contributed by atoms with Gasteiger partial charge in [0.2, 0.25) is 5.91 Å². The number of sulfone groups is 1. The van der Waals surface area contributed by atoms with Gasteiger partial charge in [-0.05, 0) is 31.7 Å². The van der Waals surface area contributed by atoms with Gasteiger partial charge in [0.05, 0.1) is 12.6 Å². The van der Waals surface area contributed by atoms with Gasteiger partial charge in [0.15, 0.2) is 14.6 Å². The smallest absolute Gasteiger partial charge is 0.244 e. The summed E-state index contributed by atoms with van der Waals surface area (Å²) in [5, 5.41) is 4.20. The molecule has 0 radical (unpaired) electrons. The number of rotatable bonds is 4. The molecule has 1 aliphatic carbocycles. The monoisotopic (exact) mass is 325 g/mol. The molecular weight excluding hydrogens is 302 g/mol. The van der Waals surface area contributed by atoms with Crippen LogP contribution in [0.15, 0.2) is 18.5 Å². The highest BCUT2D eigenvalue weighted by Crippen LogP contribution is 2.39. The van der Waals surface area contributed by atoms with Gasteiger partial charge in [-0.1, -0.05) is 12.8 Å². The molecule has 1 aromatic rings. The van der Waals surface area contributed by atoms with Gasteiger partial charge in [0.25, 0.3) is 0 Å². The van der Waals surface area contributed by atoms with Crippen molar-refractivity contribution in [2.75, 3.05) is 12.8 Å².